The second-order valence-corrected chi connectivity index (χ2v) is 10.7. The largest absolute Gasteiger partial charge is 0.462 e. The Kier molecular flexibility index (Phi) is 10.7. The maximum Gasteiger partial charge on any atom is 0.312 e. The molecule has 5 atom stereocenters. The smallest absolute Gasteiger partial charge is 0.312 e. The highest BCUT2D eigenvalue weighted by atomic mass is 16.7. The van der Waals surface area contributed by atoms with Crippen molar-refractivity contribution in [1.82, 2.24) is 0 Å². The van der Waals surface area contributed by atoms with Gasteiger partial charge >= 0.3 is 5.97 Å². The van der Waals surface area contributed by atoms with Gasteiger partial charge in [-0.1, -0.05) is 41.0 Å². The molecule has 0 amide bonds. The van der Waals surface area contributed by atoms with E-state index in [4.69, 9.17) is 23.7 Å². The summed E-state index contributed by atoms with van der Waals surface area (Å²) in [6.07, 6.45) is 6.96. The molecule has 0 N–H and O–H groups in total. The van der Waals surface area contributed by atoms with Crippen LogP contribution in [0.15, 0.2) is 0 Å². The monoisotopic (exact) mass is 442 g/mol. The third kappa shape index (κ3) is 8.99. The Labute approximate surface area is 189 Å². The minimum absolute atomic E-state index is 0.0322. The molecule has 2 fully saturated rings. The van der Waals surface area contributed by atoms with Gasteiger partial charge in [-0.25, -0.2) is 0 Å². The molecule has 0 spiro atoms. The lowest BCUT2D eigenvalue weighted by Gasteiger charge is -2.38. The van der Waals surface area contributed by atoms with Gasteiger partial charge in [0.05, 0.1) is 12.0 Å². The van der Waals surface area contributed by atoms with Gasteiger partial charge in [0.15, 0.2) is 12.6 Å². The van der Waals surface area contributed by atoms with Crippen LogP contribution in [0.5, 0.6) is 0 Å². The molecule has 6 nitrogen and oxygen atoms in total. The van der Waals surface area contributed by atoms with Crippen molar-refractivity contribution < 1.29 is 28.5 Å². The molecule has 5 unspecified atom stereocenters. The molecule has 0 aliphatic carbocycles. The lowest BCUT2D eigenvalue weighted by molar-refractivity contribution is -0.232. The summed E-state index contributed by atoms with van der Waals surface area (Å²) in [5, 5.41) is 0. The predicted molar refractivity (Wildman–Crippen MR) is 121 cm³/mol. The van der Waals surface area contributed by atoms with Crippen molar-refractivity contribution in [3.63, 3.8) is 0 Å². The molecule has 0 bridgehead atoms. The first-order chi connectivity index (χ1) is 14.6. The fourth-order valence-electron chi connectivity index (χ4n) is 4.55. The van der Waals surface area contributed by atoms with E-state index in [0.717, 1.165) is 58.0 Å². The number of carbonyl (C=O) groups is 1. The van der Waals surface area contributed by atoms with Gasteiger partial charge in [0.2, 0.25) is 0 Å². The molecule has 2 heterocycles. The molecule has 0 aromatic heterocycles. The molecule has 2 aliphatic heterocycles. The molecule has 0 radical (unpaired) electrons. The highest BCUT2D eigenvalue weighted by molar-refractivity contribution is 5.76. The molecule has 31 heavy (non-hydrogen) atoms. The van der Waals surface area contributed by atoms with E-state index in [0.29, 0.717) is 13.2 Å². The maximum absolute atomic E-state index is 13.3. The first kappa shape index (κ1) is 26.6. The zero-order valence-electron chi connectivity index (χ0n) is 20.7. The molecular weight excluding hydrogens is 396 g/mol. The van der Waals surface area contributed by atoms with Crippen LogP contribution in [0.25, 0.3) is 0 Å². The van der Waals surface area contributed by atoms with Crippen molar-refractivity contribution in [3.8, 4) is 0 Å². The Morgan fingerprint density at radius 2 is 1.58 bits per heavy atom. The summed E-state index contributed by atoms with van der Waals surface area (Å²) in [4.78, 5) is 13.3. The summed E-state index contributed by atoms with van der Waals surface area (Å²) in [7, 11) is 0. The van der Waals surface area contributed by atoms with Gasteiger partial charge in [-0.05, 0) is 63.2 Å². The Morgan fingerprint density at radius 3 is 2.10 bits per heavy atom. The van der Waals surface area contributed by atoms with Crippen LogP contribution in [-0.2, 0) is 28.5 Å². The molecule has 0 aromatic carbocycles. The Bertz CT molecular complexity index is 519. The van der Waals surface area contributed by atoms with Crippen molar-refractivity contribution in [1.29, 1.82) is 0 Å². The van der Waals surface area contributed by atoms with Crippen molar-refractivity contribution >= 4 is 5.97 Å². The Hall–Kier alpha value is -0.690. The van der Waals surface area contributed by atoms with Crippen molar-refractivity contribution in [2.24, 2.45) is 16.7 Å². The highest BCUT2D eigenvalue weighted by Gasteiger charge is 2.42. The van der Waals surface area contributed by atoms with Gasteiger partial charge in [-0.3, -0.25) is 4.79 Å². The summed E-state index contributed by atoms with van der Waals surface area (Å²) in [6, 6.07) is 0. The number of esters is 1. The standard InChI is InChI=1S/C25H46O6/c1-7-19(2)25(6,18-24(3,4)5)23(26)30-17-20(31-22-13-9-11-15-28-22)16-29-21-12-8-10-14-27-21/h19-22H,7-18H2,1-6H3. The van der Waals surface area contributed by atoms with Crippen LogP contribution in [0.3, 0.4) is 0 Å². The van der Waals surface area contributed by atoms with Crippen LogP contribution in [0, 0.1) is 16.7 Å². The van der Waals surface area contributed by atoms with E-state index < -0.39 is 5.41 Å². The zero-order chi connectivity index (χ0) is 22.9. The molecule has 2 saturated heterocycles. The minimum atomic E-state index is -0.535. The number of carbonyl (C=O) groups excluding carboxylic acids is 1. The van der Waals surface area contributed by atoms with Gasteiger partial charge in [-0.15, -0.1) is 0 Å². The molecule has 0 saturated carbocycles. The summed E-state index contributed by atoms with van der Waals surface area (Å²) in [5.74, 6) is 0.0796. The predicted octanol–water partition coefficient (Wildman–Crippen LogP) is 5.47. The fourth-order valence-corrected chi connectivity index (χ4v) is 4.55. The van der Waals surface area contributed by atoms with Crippen LogP contribution < -0.4 is 0 Å². The number of hydrogen-bond donors (Lipinski definition) is 0. The van der Waals surface area contributed by atoms with Crippen LogP contribution in [0.4, 0.5) is 0 Å². The first-order valence-corrected chi connectivity index (χ1v) is 12.3. The normalized spacial score (nSPS) is 26.6. The molecule has 2 rings (SSSR count). The Morgan fingerprint density at radius 1 is 0.968 bits per heavy atom. The number of rotatable bonds is 11. The zero-order valence-corrected chi connectivity index (χ0v) is 20.7. The molecule has 182 valence electrons. The van der Waals surface area contributed by atoms with Gasteiger partial charge in [0, 0.05) is 13.2 Å². The maximum atomic E-state index is 13.3. The molecule has 6 heteroatoms. The van der Waals surface area contributed by atoms with Crippen LogP contribution in [0.2, 0.25) is 0 Å². The third-order valence-corrected chi connectivity index (χ3v) is 6.55. The first-order valence-electron chi connectivity index (χ1n) is 12.3. The van der Waals surface area contributed by atoms with Crippen molar-refractivity contribution in [2.45, 2.75) is 112 Å². The number of hydrogen-bond acceptors (Lipinski definition) is 6. The van der Waals surface area contributed by atoms with E-state index in [9.17, 15) is 4.79 Å². The highest BCUT2D eigenvalue weighted by Crippen LogP contribution is 2.42. The second kappa shape index (κ2) is 12.5. The van der Waals surface area contributed by atoms with Gasteiger partial charge < -0.3 is 23.7 Å². The average Bonchev–Trinajstić information content (AvgIpc) is 2.74. The quantitative estimate of drug-likeness (QED) is 0.395. The van der Waals surface area contributed by atoms with E-state index in [1.807, 2.05) is 6.92 Å². The molecule has 0 aromatic rings. The van der Waals surface area contributed by atoms with E-state index in [-0.39, 0.29) is 42.6 Å². The third-order valence-electron chi connectivity index (χ3n) is 6.55. The lowest BCUT2D eigenvalue weighted by atomic mass is 9.67. The van der Waals surface area contributed by atoms with Gasteiger partial charge in [-0.2, -0.15) is 0 Å². The molecule has 2 aliphatic rings. The topological polar surface area (TPSA) is 63.2 Å². The van der Waals surface area contributed by atoms with Gasteiger partial charge in [0.1, 0.15) is 12.7 Å². The molecular formula is C25H46O6. The average molecular weight is 443 g/mol. The SMILES string of the molecule is CCC(C)C(C)(CC(C)(C)C)C(=O)OCC(COC1CCCCO1)OC1CCCCO1. The minimum Gasteiger partial charge on any atom is -0.462 e. The number of ether oxygens (including phenoxy) is 5. The van der Waals surface area contributed by atoms with E-state index >= 15 is 0 Å². The summed E-state index contributed by atoms with van der Waals surface area (Å²) in [6.45, 7) is 14.8. The van der Waals surface area contributed by atoms with Crippen LogP contribution in [0.1, 0.15) is 92.9 Å². The van der Waals surface area contributed by atoms with Gasteiger partial charge in [0.25, 0.3) is 0 Å². The second-order valence-electron chi connectivity index (χ2n) is 10.7. The lowest BCUT2D eigenvalue weighted by Crippen LogP contribution is -2.42. The summed E-state index contributed by atoms with van der Waals surface area (Å²) in [5.41, 5.74) is -0.503. The van der Waals surface area contributed by atoms with E-state index in [2.05, 4.69) is 34.6 Å². The van der Waals surface area contributed by atoms with Crippen molar-refractivity contribution in [3.05, 3.63) is 0 Å². The summed E-state index contributed by atoms with van der Waals surface area (Å²) < 4.78 is 29.4. The fraction of sp³-hybridized carbons (Fsp3) is 0.960. The Balaban J connectivity index is 1.98. The summed E-state index contributed by atoms with van der Waals surface area (Å²) >= 11 is 0. The van der Waals surface area contributed by atoms with Crippen LogP contribution >= 0.6 is 0 Å². The van der Waals surface area contributed by atoms with E-state index in [1.54, 1.807) is 0 Å². The van der Waals surface area contributed by atoms with Crippen LogP contribution in [-0.4, -0.2) is 51.1 Å². The van der Waals surface area contributed by atoms with E-state index in [1.165, 1.54) is 0 Å². The van der Waals surface area contributed by atoms with Crippen molar-refractivity contribution in [2.75, 3.05) is 26.4 Å².